The lowest BCUT2D eigenvalue weighted by atomic mass is 10.1. The summed E-state index contributed by atoms with van der Waals surface area (Å²) in [6, 6.07) is 20.6. The molecule has 1 amide bonds. The van der Waals surface area contributed by atoms with Crippen LogP contribution in [0.2, 0.25) is 0 Å². The average molecular weight is 325 g/mol. The highest BCUT2D eigenvalue weighted by molar-refractivity contribution is 5.78. The SMILES string of the molecule is CCNCCNC(=O)CN(Cc1ccccc1)Cc1ccccc1. The molecule has 0 saturated carbocycles. The molecule has 0 aromatic heterocycles. The van der Waals surface area contributed by atoms with Crippen LogP contribution in [0.15, 0.2) is 60.7 Å². The third kappa shape index (κ3) is 6.94. The second-order valence-corrected chi connectivity index (χ2v) is 5.82. The predicted octanol–water partition coefficient (Wildman–Crippen LogP) is 2.41. The van der Waals surface area contributed by atoms with E-state index in [4.69, 9.17) is 0 Å². The Bertz CT molecular complexity index is 545. The summed E-state index contributed by atoms with van der Waals surface area (Å²) in [4.78, 5) is 14.4. The Kier molecular flexibility index (Phi) is 8.01. The van der Waals surface area contributed by atoms with Gasteiger partial charge in [-0.1, -0.05) is 67.6 Å². The first-order valence-electron chi connectivity index (χ1n) is 8.55. The number of hydrogen-bond acceptors (Lipinski definition) is 3. The second-order valence-electron chi connectivity index (χ2n) is 5.82. The van der Waals surface area contributed by atoms with Crippen molar-refractivity contribution in [1.29, 1.82) is 0 Å². The maximum atomic E-state index is 12.2. The normalized spacial score (nSPS) is 10.8. The number of hydrogen-bond donors (Lipinski definition) is 2. The fourth-order valence-electron chi connectivity index (χ4n) is 2.58. The maximum absolute atomic E-state index is 12.2. The first kappa shape index (κ1) is 18.2. The molecule has 0 spiro atoms. The van der Waals surface area contributed by atoms with Crippen molar-refractivity contribution >= 4 is 5.91 Å². The van der Waals surface area contributed by atoms with Gasteiger partial charge in [0, 0.05) is 26.2 Å². The molecule has 2 aromatic carbocycles. The van der Waals surface area contributed by atoms with Gasteiger partial charge in [-0.2, -0.15) is 0 Å². The molecule has 0 bridgehead atoms. The lowest BCUT2D eigenvalue weighted by Gasteiger charge is -2.22. The number of benzene rings is 2. The zero-order valence-electron chi connectivity index (χ0n) is 14.4. The van der Waals surface area contributed by atoms with Gasteiger partial charge in [-0.3, -0.25) is 9.69 Å². The molecule has 2 N–H and O–H groups in total. The van der Waals surface area contributed by atoms with Gasteiger partial charge in [-0.25, -0.2) is 0 Å². The summed E-state index contributed by atoms with van der Waals surface area (Å²) in [6.45, 7) is 6.37. The minimum absolute atomic E-state index is 0.0692. The molecule has 0 atom stereocenters. The molecule has 24 heavy (non-hydrogen) atoms. The summed E-state index contributed by atoms with van der Waals surface area (Å²) >= 11 is 0. The van der Waals surface area contributed by atoms with Gasteiger partial charge in [0.2, 0.25) is 5.91 Å². The maximum Gasteiger partial charge on any atom is 0.234 e. The molecule has 2 aromatic rings. The number of carbonyl (C=O) groups is 1. The van der Waals surface area contributed by atoms with Crippen molar-refractivity contribution in [3.63, 3.8) is 0 Å². The fraction of sp³-hybridized carbons (Fsp3) is 0.350. The van der Waals surface area contributed by atoms with Gasteiger partial charge < -0.3 is 10.6 Å². The van der Waals surface area contributed by atoms with Crippen LogP contribution in [0.4, 0.5) is 0 Å². The van der Waals surface area contributed by atoms with E-state index >= 15 is 0 Å². The molecule has 0 fully saturated rings. The average Bonchev–Trinajstić information content (AvgIpc) is 2.60. The Hall–Kier alpha value is -2.17. The van der Waals surface area contributed by atoms with E-state index < -0.39 is 0 Å². The minimum atomic E-state index is 0.0692. The van der Waals surface area contributed by atoms with Crippen LogP contribution in [0.5, 0.6) is 0 Å². The summed E-state index contributed by atoms with van der Waals surface area (Å²) in [7, 11) is 0. The van der Waals surface area contributed by atoms with Crippen LogP contribution >= 0.6 is 0 Å². The Balaban J connectivity index is 1.93. The van der Waals surface area contributed by atoms with Gasteiger partial charge >= 0.3 is 0 Å². The number of nitrogens with one attached hydrogen (secondary N) is 2. The van der Waals surface area contributed by atoms with Crippen LogP contribution in [0.25, 0.3) is 0 Å². The largest absolute Gasteiger partial charge is 0.354 e. The second kappa shape index (κ2) is 10.6. The summed E-state index contributed by atoms with van der Waals surface area (Å²) in [5.74, 6) is 0.0692. The van der Waals surface area contributed by atoms with Crippen molar-refractivity contribution in [2.75, 3.05) is 26.2 Å². The minimum Gasteiger partial charge on any atom is -0.354 e. The monoisotopic (exact) mass is 325 g/mol. The molecule has 0 unspecified atom stereocenters. The molecule has 0 saturated heterocycles. The van der Waals surface area contributed by atoms with Crippen LogP contribution in [-0.2, 0) is 17.9 Å². The van der Waals surface area contributed by atoms with Gasteiger partial charge in [-0.15, -0.1) is 0 Å². The van der Waals surface area contributed by atoms with Gasteiger partial charge in [0.1, 0.15) is 0 Å². The summed E-state index contributed by atoms with van der Waals surface area (Å²) in [5.41, 5.74) is 2.43. The number of rotatable bonds is 10. The summed E-state index contributed by atoms with van der Waals surface area (Å²) in [6.07, 6.45) is 0. The molecular weight excluding hydrogens is 298 g/mol. The molecule has 0 aliphatic rings. The van der Waals surface area contributed by atoms with E-state index in [-0.39, 0.29) is 5.91 Å². The van der Waals surface area contributed by atoms with Gasteiger partial charge in [0.05, 0.1) is 6.54 Å². The van der Waals surface area contributed by atoms with E-state index in [0.29, 0.717) is 13.1 Å². The van der Waals surface area contributed by atoms with Crippen molar-refractivity contribution in [2.24, 2.45) is 0 Å². The smallest absolute Gasteiger partial charge is 0.234 e. The van der Waals surface area contributed by atoms with E-state index in [9.17, 15) is 4.79 Å². The zero-order valence-corrected chi connectivity index (χ0v) is 14.4. The Morgan fingerprint density at radius 2 is 1.42 bits per heavy atom. The zero-order chi connectivity index (χ0) is 17.0. The summed E-state index contributed by atoms with van der Waals surface area (Å²) < 4.78 is 0. The first-order chi connectivity index (χ1) is 11.8. The highest BCUT2D eigenvalue weighted by atomic mass is 16.2. The molecule has 0 radical (unpaired) electrons. The van der Waals surface area contributed by atoms with Crippen molar-refractivity contribution in [3.8, 4) is 0 Å². The van der Waals surface area contributed by atoms with Crippen LogP contribution in [0.3, 0.4) is 0 Å². The topological polar surface area (TPSA) is 44.4 Å². The standard InChI is InChI=1S/C20H27N3O/c1-2-21-13-14-22-20(24)17-23(15-18-9-5-3-6-10-18)16-19-11-7-4-8-12-19/h3-12,21H,2,13-17H2,1H3,(H,22,24). The van der Waals surface area contributed by atoms with Crippen LogP contribution in [0, 0.1) is 0 Å². The molecule has 0 heterocycles. The molecule has 128 valence electrons. The highest BCUT2D eigenvalue weighted by Gasteiger charge is 2.11. The molecule has 4 nitrogen and oxygen atoms in total. The molecule has 2 rings (SSSR count). The quantitative estimate of drug-likeness (QED) is 0.659. The van der Waals surface area contributed by atoms with Crippen molar-refractivity contribution < 1.29 is 4.79 Å². The van der Waals surface area contributed by atoms with Crippen LogP contribution < -0.4 is 10.6 Å². The van der Waals surface area contributed by atoms with Crippen molar-refractivity contribution in [2.45, 2.75) is 20.0 Å². The van der Waals surface area contributed by atoms with E-state index in [1.807, 2.05) is 36.4 Å². The lowest BCUT2D eigenvalue weighted by Crippen LogP contribution is -2.39. The van der Waals surface area contributed by atoms with Gasteiger partial charge in [-0.05, 0) is 17.7 Å². The van der Waals surface area contributed by atoms with Gasteiger partial charge in [0.25, 0.3) is 0 Å². The third-order valence-corrected chi connectivity index (χ3v) is 3.74. The predicted molar refractivity (Wildman–Crippen MR) is 98.6 cm³/mol. The molecular formula is C20H27N3O. The van der Waals surface area contributed by atoms with Crippen molar-refractivity contribution in [1.82, 2.24) is 15.5 Å². The lowest BCUT2D eigenvalue weighted by molar-refractivity contribution is -0.122. The number of likely N-dealkylation sites (N-methyl/N-ethyl adjacent to an activating group) is 1. The van der Waals surface area contributed by atoms with Crippen molar-refractivity contribution in [3.05, 3.63) is 71.8 Å². The van der Waals surface area contributed by atoms with E-state index in [2.05, 4.69) is 46.7 Å². The molecule has 0 aliphatic heterocycles. The van der Waals surface area contributed by atoms with E-state index in [1.54, 1.807) is 0 Å². The Morgan fingerprint density at radius 1 is 0.875 bits per heavy atom. The van der Waals surface area contributed by atoms with Crippen LogP contribution in [0.1, 0.15) is 18.1 Å². The summed E-state index contributed by atoms with van der Waals surface area (Å²) in [5, 5.41) is 6.18. The Morgan fingerprint density at radius 3 is 1.92 bits per heavy atom. The molecule has 0 aliphatic carbocycles. The first-order valence-corrected chi connectivity index (χ1v) is 8.55. The third-order valence-electron chi connectivity index (χ3n) is 3.74. The fourth-order valence-corrected chi connectivity index (χ4v) is 2.58. The highest BCUT2D eigenvalue weighted by Crippen LogP contribution is 2.09. The van der Waals surface area contributed by atoms with E-state index in [0.717, 1.165) is 26.2 Å². The number of amides is 1. The Labute approximate surface area is 144 Å². The number of carbonyl (C=O) groups excluding carboxylic acids is 1. The van der Waals surface area contributed by atoms with E-state index in [1.165, 1.54) is 11.1 Å². The molecule has 4 heteroatoms. The number of nitrogens with zero attached hydrogens (tertiary/aromatic N) is 1. The van der Waals surface area contributed by atoms with Crippen LogP contribution in [-0.4, -0.2) is 37.0 Å². The van der Waals surface area contributed by atoms with Gasteiger partial charge in [0.15, 0.2) is 0 Å².